The first-order chi connectivity index (χ1) is 12.5. The topological polar surface area (TPSA) is 98.8 Å². The van der Waals surface area contributed by atoms with Crippen molar-refractivity contribution in [3.8, 4) is 22.3 Å². The maximum absolute atomic E-state index is 11.6. The van der Waals surface area contributed by atoms with Crippen molar-refractivity contribution in [2.75, 3.05) is 0 Å². The van der Waals surface area contributed by atoms with Gasteiger partial charge in [0.2, 0.25) is 10.0 Å². The van der Waals surface area contributed by atoms with Gasteiger partial charge in [0.25, 0.3) is 0 Å². The molecule has 3 heterocycles. The summed E-state index contributed by atoms with van der Waals surface area (Å²) in [6, 6.07) is 13.1. The molecule has 0 aliphatic heterocycles. The van der Waals surface area contributed by atoms with Crippen LogP contribution in [0.5, 0.6) is 0 Å². The minimum Gasteiger partial charge on any atom is -0.265 e. The van der Waals surface area contributed by atoms with E-state index in [2.05, 4.69) is 15.0 Å². The molecule has 0 atom stereocenters. The van der Waals surface area contributed by atoms with E-state index in [0.29, 0.717) is 5.56 Å². The minimum atomic E-state index is -3.81. The third-order valence-electron chi connectivity index (χ3n) is 4.11. The summed E-state index contributed by atoms with van der Waals surface area (Å²) in [6.07, 6.45) is 8.10. The lowest BCUT2D eigenvalue weighted by Crippen LogP contribution is -2.12. The zero-order valence-corrected chi connectivity index (χ0v) is 14.4. The van der Waals surface area contributed by atoms with E-state index in [0.717, 1.165) is 27.6 Å². The summed E-state index contributed by atoms with van der Waals surface area (Å²) in [5.74, 6) is 0. The second kappa shape index (κ2) is 6.29. The number of rotatable bonds is 3. The summed E-state index contributed by atoms with van der Waals surface area (Å²) in [7, 11) is -3.81. The molecule has 0 saturated heterocycles. The van der Waals surface area contributed by atoms with Crippen LogP contribution in [0, 0.1) is 0 Å². The van der Waals surface area contributed by atoms with Gasteiger partial charge in [-0.3, -0.25) is 15.0 Å². The summed E-state index contributed by atoms with van der Waals surface area (Å²) in [5.41, 5.74) is 4.40. The Hall–Kier alpha value is -3.16. The number of nitrogens with zero attached hydrogens (tertiary/aromatic N) is 3. The smallest absolute Gasteiger partial charge is 0.239 e. The number of benzene rings is 1. The Kier molecular flexibility index (Phi) is 3.95. The van der Waals surface area contributed by atoms with E-state index >= 15 is 0 Å². The highest BCUT2D eigenvalue weighted by atomic mass is 32.2. The number of fused-ring (bicyclic) bond motifs is 1. The number of pyridine rings is 3. The van der Waals surface area contributed by atoms with Crippen LogP contribution in [0.25, 0.3) is 33.2 Å². The zero-order valence-electron chi connectivity index (χ0n) is 13.6. The maximum Gasteiger partial charge on any atom is 0.239 e. The third-order valence-corrected chi connectivity index (χ3v) is 4.99. The molecule has 0 bridgehead atoms. The van der Waals surface area contributed by atoms with Gasteiger partial charge in [-0.1, -0.05) is 6.07 Å². The molecule has 0 fully saturated rings. The fourth-order valence-electron chi connectivity index (χ4n) is 2.84. The van der Waals surface area contributed by atoms with Gasteiger partial charge in [-0.05, 0) is 53.1 Å². The van der Waals surface area contributed by atoms with Crippen molar-refractivity contribution in [3.63, 3.8) is 0 Å². The van der Waals surface area contributed by atoms with E-state index in [1.54, 1.807) is 24.8 Å². The van der Waals surface area contributed by atoms with Crippen molar-refractivity contribution in [1.82, 2.24) is 15.0 Å². The van der Waals surface area contributed by atoms with Gasteiger partial charge in [0.05, 0.1) is 5.52 Å². The highest BCUT2D eigenvalue weighted by molar-refractivity contribution is 7.89. The lowest BCUT2D eigenvalue weighted by molar-refractivity contribution is 0.597. The quantitative estimate of drug-likeness (QED) is 0.604. The van der Waals surface area contributed by atoms with E-state index in [-0.39, 0.29) is 4.90 Å². The van der Waals surface area contributed by atoms with Crippen molar-refractivity contribution in [2.45, 2.75) is 4.90 Å². The van der Waals surface area contributed by atoms with Gasteiger partial charge in [-0.15, -0.1) is 0 Å². The molecule has 0 saturated carbocycles. The van der Waals surface area contributed by atoms with Gasteiger partial charge in [-0.2, -0.15) is 0 Å². The van der Waals surface area contributed by atoms with Gasteiger partial charge in [0, 0.05) is 41.9 Å². The SMILES string of the molecule is NS(=O)(=O)c1cncc(-c2ccc3nccc(-c4ccncc4)c3c2)c1. The highest BCUT2D eigenvalue weighted by Crippen LogP contribution is 2.31. The highest BCUT2D eigenvalue weighted by Gasteiger charge is 2.11. The van der Waals surface area contributed by atoms with Crippen LogP contribution in [-0.4, -0.2) is 23.4 Å². The van der Waals surface area contributed by atoms with Crippen LogP contribution in [-0.2, 0) is 10.0 Å². The molecular weight excluding hydrogens is 348 g/mol. The molecule has 2 N–H and O–H groups in total. The molecule has 0 aliphatic rings. The lowest BCUT2D eigenvalue weighted by Gasteiger charge is -2.09. The van der Waals surface area contributed by atoms with Crippen LogP contribution < -0.4 is 5.14 Å². The van der Waals surface area contributed by atoms with Gasteiger partial charge < -0.3 is 0 Å². The van der Waals surface area contributed by atoms with Crippen LogP contribution in [0.3, 0.4) is 0 Å². The van der Waals surface area contributed by atoms with Gasteiger partial charge >= 0.3 is 0 Å². The number of hydrogen-bond acceptors (Lipinski definition) is 5. The largest absolute Gasteiger partial charge is 0.265 e. The molecular formula is C19H14N4O2S. The molecule has 26 heavy (non-hydrogen) atoms. The van der Waals surface area contributed by atoms with Crippen LogP contribution in [0.15, 0.2) is 78.3 Å². The number of nitrogens with two attached hydrogens (primary N) is 1. The van der Waals surface area contributed by atoms with Crippen molar-refractivity contribution >= 4 is 20.9 Å². The molecule has 3 aromatic heterocycles. The van der Waals surface area contributed by atoms with Gasteiger partial charge in [-0.25, -0.2) is 13.6 Å². The number of primary sulfonamides is 1. The van der Waals surface area contributed by atoms with E-state index in [1.807, 2.05) is 36.4 Å². The number of sulfonamides is 1. The first-order valence-corrected chi connectivity index (χ1v) is 9.34. The van der Waals surface area contributed by atoms with E-state index in [9.17, 15) is 8.42 Å². The summed E-state index contributed by atoms with van der Waals surface area (Å²) in [4.78, 5) is 12.5. The Morgan fingerprint density at radius 1 is 0.769 bits per heavy atom. The van der Waals surface area contributed by atoms with E-state index in [4.69, 9.17) is 5.14 Å². The second-order valence-corrected chi connectivity index (χ2v) is 7.34. The zero-order chi connectivity index (χ0) is 18.1. The Morgan fingerprint density at radius 2 is 1.58 bits per heavy atom. The average Bonchev–Trinajstić information content (AvgIpc) is 2.67. The number of aromatic nitrogens is 3. The first-order valence-electron chi connectivity index (χ1n) is 7.80. The third kappa shape index (κ3) is 3.05. The van der Waals surface area contributed by atoms with Crippen LogP contribution in [0.2, 0.25) is 0 Å². The molecule has 0 aliphatic carbocycles. The molecule has 0 spiro atoms. The minimum absolute atomic E-state index is 0.0179. The molecule has 0 amide bonds. The molecule has 7 heteroatoms. The molecule has 4 rings (SSSR count). The summed E-state index contributed by atoms with van der Waals surface area (Å²) in [6.45, 7) is 0. The van der Waals surface area contributed by atoms with Crippen molar-refractivity contribution in [3.05, 3.63) is 73.4 Å². The normalized spacial score (nSPS) is 11.6. The fraction of sp³-hybridized carbons (Fsp3) is 0. The standard InChI is InChI=1S/C19H14N4O2S/c20-26(24,25)16-9-15(11-22-12-16)14-1-2-19-18(10-14)17(5-8-23-19)13-3-6-21-7-4-13/h1-12H,(H2,20,24,25). The van der Waals surface area contributed by atoms with Crippen LogP contribution in [0.4, 0.5) is 0 Å². The Morgan fingerprint density at radius 3 is 2.35 bits per heavy atom. The predicted octanol–water partition coefficient (Wildman–Crippen LogP) is 3.01. The lowest BCUT2D eigenvalue weighted by atomic mass is 9.98. The molecule has 1 aromatic carbocycles. The molecule has 0 radical (unpaired) electrons. The Labute approximate surface area is 150 Å². The fourth-order valence-corrected chi connectivity index (χ4v) is 3.34. The van der Waals surface area contributed by atoms with Gasteiger partial charge in [0.1, 0.15) is 4.90 Å². The molecule has 6 nitrogen and oxygen atoms in total. The van der Waals surface area contributed by atoms with E-state index in [1.165, 1.54) is 12.3 Å². The molecule has 4 aromatic rings. The predicted molar refractivity (Wildman–Crippen MR) is 99.6 cm³/mol. The Bertz CT molecular complexity index is 1210. The van der Waals surface area contributed by atoms with Gasteiger partial charge in [0.15, 0.2) is 0 Å². The summed E-state index contributed by atoms with van der Waals surface area (Å²) < 4.78 is 23.2. The number of hydrogen-bond donors (Lipinski definition) is 1. The summed E-state index contributed by atoms with van der Waals surface area (Å²) >= 11 is 0. The van der Waals surface area contributed by atoms with Crippen LogP contribution in [0.1, 0.15) is 0 Å². The van der Waals surface area contributed by atoms with Crippen molar-refractivity contribution in [1.29, 1.82) is 0 Å². The second-order valence-electron chi connectivity index (χ2n) is 5.78. The molecule has 0 unspecified atom stereocenters. The first kappa shape index (κ1) is 16.3. The maximum atomic E-state index is 11.6. The Balaban J connectivity index is 1.91. The van der Waals surface area contributed by atoms with E-state index < -0.39 is 10.0 Å². The van der Waals surface area contributed by atoms with Crippen molar-refractivity contribution < 1.29 is 8.42 Å². The molecule has 128 valence electrons. The van der Waals surface area contributed by atoms with Crippen LogP contribution >= 0.6 is 0 Å². The average molecular weight is 362 g/mol. The monoisotopic (exact) mass is 362 g/mol. The summed E-state index contributed by atoms with van der Waals surface area (Å²) in [5, 5.41) is 6.17. The van der Waals surface area contributed by atoms with Crippen molar-refractivity contribution in [2.24, 2.45) is 5.14 Å².